The largest absolute Gasteiger partial charge is 0.497 e. The molecule has 0 saturated heterocycles. The van der Waals surface area contributed by atoms with Gasteiger partial charge in [-0.25, -0.2) is 16.8 Å². The van der Waals surface area contributed by atoms with Crippen LogP contribution in [-0.2, 0) is 24.7 Å². The van der Waals surface area contributed by atoms with Crippen LogP contribution in [0, 0.1) is 0 Å². The van der Waals surface area contributed by atoms with Crippen LogP contribution in [0.5, 0.6) is 5.75 Å². The van der Waals surface area contributed by atoms with E-state index >= 15 is 0 Å². The van der Waals surface area contributed by atoms with E-state index in [1.807, 2.05) is 0 Å². The van der Waals surface area contributed by atoms with Crippen molar-refractivity contribution in [3.63, 3.8) is 0 Å². The molecule has 1 N–H and O–H groups in total. The number of benzene rings is 2. The Kier molecular flexibility index (Phi) is 7.14. The van der Waals surface area contributed by atoms with Gasteiger partial charge in [-0.2, -0.15) is 0 Å². The molecule has 2 aromatic carbocycles. The van der Waals surface area contributed by atoms with Crippen LogP contribution >= 0.6 is 0 Å². The Balaban J connectivity index is 2.24. The number of methoxy groups -OCH3 is 1. The van der Waals surface area contributed by atoms with Crippen LogP contribution in [0.1, 0.15) is 25.5 Å². The summed E-state index contributed by atoms with van der Waals surface area (Å²) in [6.45, 7) is 3.23. The minimum Gasteiger partial charge on any atom is -0.497 e. The average Bonchev–Trinajstić information content (AvgIpc) is 2.66. The van der Waals surface area contributed by atoms with Gasteiger partial charge in [0.05, 0.1) is 30.0 Å². The number of nitrogens with zero attached hydrogens (tertiary/aromatic N) is 1. The highest BCUT2D eigenvalue weighted by atomic mass is 32.2. The van der Waals surface area contributed by atoms with Gasteiger partial charge >= 0.3 is 0 Å². The highest BCUT2D eigenvalue weighted by molar-refractivity contribution is 7.92. The van der Waals surface area contributed by atoms with E-state index in [1.165, 1.54) is 32.2 Å². The molecule has 0 spiro atoms. The number of hydrogen-bond donors (Lipinski definition) is 1. The van der Waals surface area contributed by atoms with Crippen molar-refractivity contribution in [2.24, 2.45) is 0 Å². The first kappa shape index (κ1) is 23.7. The van der Waals surface area contributed by atoms with Crippen molar-refractivity contribution in [3.8, 4) is 5.75 Å². The zero-order valence-corrected chi connectivity index (χ0v) is 19.1. The number of rotatable bonds is 8. The van der Waals surface area contributed by atoms with E-state index in [1.54, 1.807) is 37.3 Å². The molecule has 0 saturated carbocycles. The fraction of sp³-hybridized carbons (Fsp3) is 0.350. The van der Waals surface area contributed by atoms with E-state index < -0.39 is 37.9 Å². The van der Waals surface area contributed by atoms with E-state index in [-0.39, 0.29) is 4.90 Å². The van der Waals surface area contributed by atoms with Gasteiger partial charge in [0.1, 0.15) is 11.8 Å². The number of anilines is 1. The fourth-order valence-electron chi connectivity index (χ4n) is 2.98. The Bertz CT molecular complexity index is 1110. The van der Waals surface area contributed by atoms with E-state index in [4.69, 9.17) is 4.74 Å². The maximum absolute atomic E-state index is 12.8. The second kappa shape index (κ2) is 9.05. The average molecular weight is 455 g/mol. The standard InChI is InChI=1S/C20H26N2O6S2/c1-14(16-9-11-19(12-10-16)29(4,24)25)21-20(23)15(2)22(30(5,26)27)17-7-6-8-18(13-17)28-3/h6-15H,1-5H3,(H,21,23)/t14-,15-/m0/s1. The molecule has 0 aliphatic rings. The van der Waals surface area contributed by atoms with Crippen molar-refractivity contribution in [1.29, 1.82) is 0 Å². The van der Waals surface area contributed by atoms with Gasteiger partial charge in [-0.15, -0.1) is 0 Å². The first-order chi connectivity index (χ1) is 13.8. The number of nitrogens with one attached hydrogen (secondary N) is 1. The molecule has 0 aliphatic carbocycles. The van der Waals surface area contributed by atoms with Crippen LogP contribution in [0.15, 0.2) is 53.4 Å². The maximum Gasteiger partial charge on any atom is 0.244 e. The Morgan fingerprint density at radius 3 is 2.10 bits per heavy atom. The quantitative estimate of drug-likeness (QED) is 0.654. The fourth-order valence-corrected chi connectivity index (χ4v) is 4.77. The van der Waals surface area contributed by atoms with E-state index in [9.17, 15) is 21.6 Å². The summed E-state index contributed by atoms with van der Waals surface area (Å²) < 4.78 is 54.2. The van der Waals surface area contributed by atoms with Crippen molar-refractivity contribution >= 4 is 31.5 Å². The highest BCUT2D eigenvalue weighted by Crippen LogP contribution is 2.26. The van der Waals surface area contributed by atoms with Gasteiger partial charge < -0.3 is 10.1 Å². The normalized spacial score (nSPS) is 13.9. The first-order valence-electron chi connectivity index (χ1n) is 9.08. The number of sulfone groups is 1. The first-order valence-corrected chi connectivity index (χ1v) is 12.8. The lowest BCUT2D eigenvalue weighted by Gasteiger charge is -2.29. The second-order valence-corrected chi connectivity index (χ2v) is 10.9. The summed E-state index contributed by atoms with van der Waals surface area (Å²) in [5, 5.41) is 2.78. The highest BCUT2D eigenvalue weighted by Gasteiger charge is 2.30. The predicted molar refractivity (Wildman–Crippen MR) is 116 cm³/mol. The molecule has 8 nitrogen and oxygen atoms in total. The molecule has 0 unspecified atom stereocenters. The number of sulfonamides is 1. The van der Waals surface area contributed by atoms with Gasteiger partial charge in [0, 0.05) is 12.3 Å². The zero-order chi connectivity index (χ0) is 22.7. The number of carbonyl (C=O) groups excluding carboxylic acids is 1. The summed E-state index contributed by atoms with van der Waals surface area (Å²) in [7, 11) is -5.61. The third-order valence-electron chi connectivity index (χ3n) is 4.56. The Labute approximate surface area is 177 Å². The molecule has 2 aromatic rings. The lowest BCUT2D eigenvalue weighted by molar-refractivity contribution is -0.122. The van der Waals surface area contributed by atoms with Gasteiger partial charge in [-0.3, -0.25) is 9.10 Å². The SMILES string of the molecule is COc1cccc(N([C@@H](C)C(=O)N[C@@H](C)c2ccc(S(C)(=O)=O)cc2)S(C)(=O)=O)c1. The molecular formula is C20H26N2O6S2. The number of amides is 1. The Morgan fingerprint density at radius 2 is 1.60 bits per heavy atom. The minimum absolute atomic E-state index is 0.180. The summed E-state index contributed by atoms with van der Waals surface area (Å²) >= 11 is 0. The van der Waals surface area contributed by atoms with Crippen LogP contribution in [0.4, 0.5) is 5.69 Å². The number of hydrogen-bond acceptors (Lipinski definition) is 6. The van der Waals surface area contributed by atoms with Crippen LogP contribution in [-0.4, -0.2) is 48.4 Å². The molecule has 164 valence electrons. The van der Waals surface area contributed by atoms with Crippen molar-refractivity contribution < 1.29 is 26.4 Å². The summed E-state index contributed by atoms with van der Waals surface area (Å²) in [4.78, 5) is 13.0. The second-order valence-electron chi connectivity index (χ2n) is 7.01. The maximum atomic E-state index is 12.8. The van der Waals surface area contributed by atoms with Crippen LogP contribution in [0.2, 0.25) is 0 Å². The molecule has 10 heteroatoms. The van der Waals surface area contributed by atoms with Gasteiger partial charge in [-0.1, -0.05) is 18.2 Å². The van der Waals surface area contributed by atoms with Crippen LogP contribution in [0.25, 0.3) is 0 Å². The van der Waals surface area contributed by atoms with E-state index in [0.29, 0.717) is 17.0 Å². The van der Waals surface area contributed by atoms with Gasteiger partial charge in [0.15, 0.2) is 9.84 Å². The third-order valence-corrected chi connectivity index (χ3v) is 6.93. The van der Waals surface area contributed by atoms with Gasteiger partial charge in [0.2, 0.25) is 15.9 Å². The third kappa shape index (κ3) is 5.73. The monoisotopic (exact) mass is 454 g/mol. The molecule has 2 rings (SSSR count). The Hall–Kier alpha value is -2.59. The van der Waals surface area contributed by atoms with Crippen LogP contribution < -0.4 is 14.4 Å². The molecule has 0 radical (unpaired) electrons. The molecule has 0 bridgehead atoms. The van der Waals surface area contributed by atoms with Crippen molar-refractivity contribution in [2.45, 2.75) is 30.8 Å². The van der Waals surface area contributed by atoms with Crippen molar-refractivity contribution in [2.75, 3.05) is 23.9 Å². The molecule has 0 heterocycles. The summed E-state index contributed by atoms with van der Waals surface area (Å²) in [6, 6.07) is 11.1. The number of ether oxygens (including phenoxy) is 1. The molecule has 0 aliphatic heterocycles. The van der Waals surface area contributed by atoms with E-state index in [2.05, 4.69) is 5.32 Å². The molecule has 2 atom stereocenters. The lowest BCUT2D eigenvalue weighted by Crippen LogP contribution is -2.48. The summed E-state index contributed by atoms with van der Waals surface area (Å²) in [5.41, 5.74) is 1.000. The zero-order valence-electron chi connectivity index (χ0n) is 17.5. The summed E-state index contributed by atoms with van der Waals surface area (Å²) in [6.07, 6.45) is 2.15. The Morgan fingerprint density at radius 1 is 1.00 bits per heavy atom. The van der Waals surface area contributed by atoms with E-state index in [0.717, 1.165) is 16.8 Å². The molecule has 30 heavy (non-hydrogen) atoms. The van der Waals surface area contributed by atoms with Gasteiger partial charge in [0.25, 0.3) is 0 Å². The van der Waals surface area contributed by atoms with Gasteiger partial charge in [-0.05, 0) is 43.7 Å². The number of carbonyl (C=O) groups is 1. The molecule has 0 fully saturated rings. The minimum atomic E-state index is -3.76. The smallest absolute Gasteiger partial charge is 0.244 e. The predicted octanol–water partition coefficient (Wildman–Crippen LogP) is 2.13. The molecule has 0 aromatic heterocycles. The topological polar surface area (TPSA) is 110 Å². The molecular weight excluding hydrogens is 428 g/mol. The van der Waals surface area contributed by atoms with Crippen molar-refractivity contribution in [3.05, 3.63) is 54.1 Å². The lowest BCUT2D eigenvalue weighted by atomic mass is 10.1. The summed E-state index contributed by atoms with van der Waals surface area (Å²) in [5.74, 6) is -0.0315. The molecule has 1 amide bonds. The van der Waals surface area contributed by atoms with Crippen molar-refractivity contribution in [1.82, 2.24) is 5.32 Å². The van der Waals surface area contributed by atoms with Crippen LogP contribution in [0.3, 0.4) is 0 Å².